The Hall–Kier alpha value is -2.12. The number of carbonyl (C=O) groups excluding carboxylic acids is 2. The van der Waals surface area contributed by atoms with E-state index < -0.39 is 11.8 Å². The molecule has 2 amide bonds. The van der Waals surface area contributed by atoms with Gasteiger partial charge in [-0.05, 0) is 44.6 Å². The monoisotopic (exact) mass is 375 g/mol. The molecule has 2 N–H and O–H groups in total. The fourth-order valence-electron chi connectivity index (χ4n) is 2.97. The van der Waals surface area contributed by atoms with Crippen molar-refractivity contribution in [1.29, 1.82) is 0 Å². The van der Waals surface area contributed by atoms with Crippen molar-refractivity contribution in [2.24, 2.45) is 10.9 Å². The average molecular weight is 376 g/mol. The maximum absolute atomic E-state index is 12.8. The maximum Gasteiger partial charge on any atom is 0.251 e. The number of aliphatic imine (C=N–C) groups is 1. The number of quaternary nitrogens is 1. The molecule has 0 saturated carbocycles. The Morgan fingerprint density at radius 1 is 1.27 bits per heavy atom. The van der Waals surface area contributed by atoms with Crippen molar-refractivity contribution in [2.75, 3.05) is 31.1 Å². The highest BCUT2D eigenvalue weighted by molar-refractivity contribution is 7.80. The third-order valence-corrected chi connectivity index (χ3v) is 4.92. The van der Waals surface area contributed by atoms with Gasteiger partial charge in [-0.15, -0.1) is 0 Å². The second-order valence-electron chi connectivity index (χ2n) is 6.35. The van der Waals surface area contributed by atoms with E-state index >= 15 is 0 Å². The Morgan fingerprint density at radius 3 is 2.62 bits per heavy atom. The van der Waals surface area contributed by atoms with Gasteiger partial charge in [-0.3, -0.25) is 19.5 Å². The molecule has 0 bridgehead atoms. The van der Waals surface area contributed by atoms with E-state index in [4.69, 9.17) is 12.2 Å². The van der Waals surface area contributed by atoms with Crippen LogP contribution in [0.2, 0.25) is 0 Å². The van der Waals surface area contributed by atoms with Crippen molar-refractivity contribution in [3.8, 4) is 0 Å². The predicted molar refractivity (Wildman–Crippen MR) is 108 cm³/mol. The summed E-state index contributed by atoms with van der Waals surface area (Å²) in [4.78, 5) is 32.3. The van der Waals surface area contributed by atoms with Gasteiger partial charge in [0.1, 0.15) is 0 Å². The van der Waals surface area contributed by atoms with Crippen LogP contribution in [0.4, 0.5) is 5.69 Å². The van der Waals surface area contributed by atoms with Gasteiger partial charge in [0.25, 0.3) is 5.91 Å². The van der Waals surface area contributed by atoms with E-state index in [9.17, 15) is 9.59 Å². The molecule has 1 aliphatic rings. The maximum atomic E-state index is 12.8. The number of benzene rings is 1. The van der Waals surface area contributed by atoms with Crippen molar-refractivity contribution in [3.63, 3.8) is 0 Å². The molecule has 2 rings (SSSR count). The van der Waals surface area contributed by atoms with Crippen LogP contribution in [-0.2, 0) is 9.59 Å². The topological polar surface area (TPSA) is 66.2 Å². The molecule has 1 aliphatic heterocycles. The molecule has 6 nitrogen and oxygen atoms in total. The molecule has 0 spiro atoms. The molecule has 1 saturated heterocycles. The van der Waals surface area contributed by atoms with Gasteiger partial charge in [0, 0.05) is 19.2 Å². The summed E-state index contributed by atoms with van der Waals surface area (Å²) >= 11 is 5.21. The van der Waals surface area contributed by atoms with Crippen molar-refractivity contribution in [3.05, 3.63) is 29.8 Å². The summed E-state index contributed by atoms with van der Waals surface area (Å²) in [5, 5.41) is 2.73. The number of hydrogen-bond donors (Lipinski definition) is 2. The zero-order valence-electron chi connectivity index (χ0n) is 15.6. The SMILES string of the molecule is CC[NH+](CC)CCCN=CC1C(=O)NC(=S)N(c2ccccc2C)C1=O. The Balaban J connectivity index is 2.05. The second-order valence-corrected chi connectivity index (χ2v) is 6.73. The molecule has 1 fully saturated rings. The van der Waals surface area contributed by atoms with Gasteiger partial charge < -0.3 is 10.2 Å². The quantitative estimate of drug-likeness (QED) is 0.305. The molecule has 26 heavy (non-hydrogen) atoms. The fourth-order valence-corrected chi connectivity index (χ4v) is 3.26. The van der Waals surface area contributed by atoms with Crippen LogP contribution in [0.25, 0.3) is 0 Å². The molecule has 1 unspecified atom stereocenters. The van der Waals surface area contributed by atoms with Crippen LogP contribution in [0, 0.1) is 12.8 Å². The van der Waals surface area contributed by atoms with Gasteiger partial charge in [0.05, 0.1) is 25.3 Å². The van der Waals surface area contributed by atoms with Gasteiger partial charge >= 0.3 is 0 Å². The largest absolute Gasteiger partial charge is 0.335 e. The summed E-state index contributed by atoms with van der Waals surface area (Å²) in [5.41, 5.74) is 1.60. The molecule has 1 aromatic rings. The van der Waals surface area contributed by atoms with Crippen molar-refractivity contribution >= 4 is 41.0 Å². The molecule has 140 valence electrons. The third-order valence-electron chi connectivity index (χ3n) is 4.63. The number of carbonyl (C=O) groups is 2. The number of amides is 2. The van der Waals surface area contributed by atoms with Crippen LogP contribution in [0.3, 0.4) is 0 Å². The first-order valence-electron chi connectivity index (χ1n) is 9.07. The Labute approximate surface area is 160 Å². The summed E-state index contributed by atoms with van der Waals surface area (Å²) in [6.07, 6.45) is 2.39. The number of anilines is 1. The van der Waals surface area contributed by atoms with Gasteiger partial charge in [-0.1, -0.05) is 18.2 Å². The van der Waals surface area contributed by atoms with Gasteiger partial charge in [0.2, 0.25) is 5.91 Å². The van der Waals surface area contributed by atoms with E-state index in [1.807, 2.05) is 31.2 Å². The number of thiocarbonyl (C=S) groups is 1. The molecular formula is C19H27N4O2S+. The molecule has 1 aromatic carbocycles. The van der Waals surface area contributed by atoms with E-state index in [0.717, 1.165) is 31.6 Å². The minimum atomic E-state index is -0.942. The molecule has 0 aromatic heterocycles. The van der Waals surface area contributed by atoms with E-state index in [0.29, 0.717) is 12.2 Å². The standard InChI is InChI=1S/C19H26N4O2S/c1-4-22(5-2)12-8-11-20-13-15-17(24)21-19(26)23(18(15)25)16-10-7-6-9-14(16)3/h6-7,9-10,13,15H,4-5,8,11-12H2,1-3H3,(H,21,24,26)/p+1. The van der Waals surface area contributed by atoms with Crippen LogP contribution in [-0.4, -0.2) is 49.3 Å². The highest BCUT2D eigenvalue weighted by Gasteiger charge is 2.38. The van der Waals surface area contributed by atoms with Crippen LogP contribution in [0.5, 0.6) is 0 Å². The zero-order valence-corrected chi connectivity index (χ0v) is 16.4. The number of aryl methyl sites for hydroxylation is 1. The number of para-hydroxylation sites is 1. The average Bonchev–Trinajstić information content (AvgIpc) is 2.62. The van der Waals surface area contributed by atoms with Crippen LogP contribution in [0.15, 0.2) is 29.3 Å². The Morgan fingerprint density at radius 2 is 1.96 bits per heavy atom. The van der Waals surface area contributed by atoms with Crippen LogP contribution in [0.1, 0.15) is 25.8 Å². The summed E-state index contributed by atoms with van der Waals surface area (Å²) < 4.78 is 0. The molecule has 1 heterocycles. The highest BCUT2D eigenvalue weighted by Crippen LogP contribution is 2.23. The lowest BCUT2D eigenvalue weighted by atomic mass is 10.0. The zero-order chi connectivity index (χ0) is 19.1. The lowest BCUT2D eigenvalue weighted by Gasteiger charge is -2.31. The van der Waals surface area contributed by atoms with E-state index in [2.05, 4.69) is 24.2 Å². The van der Waals surface area contributed by atoms with Crippen LogP contribution >= 0.6 is 12.2 Å². The Kier molecular flexibility index (Phi) is 7.41. The van der Waals surface area contributed by atoms with Crippen molar-refractivity contribution < 1.29 is 14.5 Å². The molecule has 0 aliphatic carbocycles. The number of nitrogens with zero attached hydrogens (tertiary/aromatic N) is 2. The van der Waals surface area contributed by atoms with E-state index in [1.165, 1.54) is 16.0 Å². The lowest BCUT2D eigenvalue weighted by molar-refractivity contribution is -0.896. The van der Waals surface area contributed by atoms with E-state index in [1.54, 1.807) is 0 Å². The number of rotatable bonds is 8. The fraction of sp³-hybridized carbons (Fsp3) is 0.474. The minimum absolute atomic E-state index is 0.115. The van der Waals surface area contributed by atoms with E-state index in [-0.39, 0.29) is 11.0 Å². The smallest absolute Gasteiger partial charge is 0.251 e. The van der Waals surface area contributed by atoms with Gasteiger partial charge in [-0.2, -0.15) is 0 Å². The first-order chi connectivity index (χ1) is 12.5. The first kappa shape index (κ1) is 20.2. The molecule has 0 radical (unpaired) electrons. The van der Waals surface area contributed by atoms with Gasteiger partial charge in [0.15, 0.2) is 11.0 Å². The Bertz CT molecular complexity index is 701. The normalized spacial score (nSPS) is 18.1. The van der Waals surface area contributed by atoms with Gasteiger partial charge in [-0.25, -0.2) is 0 Å². The first-order valence-corrected chi connectivity index (χ1v) is 9.48. The van der Waals surface area contributed by atoms with Crippen molar-refractivity contribution in [2.45, 2.75) is 27.2 Å². The minimum Gasteiger partial charge on any atom is -0.335 e. The number of nitrogens with one attached hydrogen (secondary N) is 2. The summed E-state index contributed by atoms with van der Waals surface area (Å²) in [6, 6.07) is 7.46. The highest BCUT2D eigenvalue weighted by atomic mass is 32.1. The number of hydrogen-bond acceptors (Lipinski definition) is 4. The summed E-state index contributed by atoms with van der Waals surface area (Å²) in [7, 11) is 0. The second kappa shape index (κ2) is 9.54. The lowest BCUT2D eigenvalue weighted by Crippen LogP contribution is -3.11. The summed E-state index contributed by atoms with van der Waals surface area (Å²) in [5.74, 6) is -1.71. The molecule has 7 heteroatoms. The molecular weight excluding hydrogens is 348 g/mol. The van der Waals surface area contributed by atoms with Crippen molar-refractivity contribution in [1.82, 2.24) is 5.32 Å². The van der Waals surface area contributed by atoms with Crippen LogP contribution < -0.4 is 15.1 Å². The molecule has 1 atom stereocenters. The predicted octanol–water partition coefficient (Wildman–Crippen LogP) is 0.745. The third kappa shape index (κ3) is 4.74. The summed E-state index contributed by atoms with van der Waals surface area (Å²) in [6.45, 7) is 10.1.